The Morgan fingerprint density at radius 2 is 2.00 bits per heavy atom. The van der Waals surface area contributed by atoms with Gasteiger partial charge in [0.2, 0.25) is 0 Å². The molecule has 0 aromatic heterocycles. The first-order chi connectivity index (χ1) is 14.9. The number of aliphatic hydroxyl groups excluding tert-OH is 2. The third-order valence-corrected chi connectivity index (χ3v) is 9.34. The molecule has 0 aromatic carbocycles. The van der Waals surface area contributed by atoms with Crippen LogP contribution in [0, 0.1) is 22.7 Å². The maximum atomic E-state index is 17.2. The molecule has 0 radical (unpaired) electrons. The van der Waals surface area contributed by atoms with Crippen molar-refractivity contribution in [3.63, 3.8) is 0 Å². The molecule has 0 unspecified atom stereocenters. The van der Waals surface area contributed by atoms with Crippen LogP contribution in [0.5, 0.6) is 0 Å². The Kier molecular flexibility index (Phi) is 5.60. The van der Waals surface area contributed by atoms with Crippen LogP contribution in [-0.4, -0.2) is 63.6 Å². The van der Waals surface area contributed by atoms with Crippen LogP contribution in [0.3, 0.4) is 0 Å². The standard InChI is InChI=1S/C25H35FO6/c1-14(2)13-32-21-10-18-17-6-5-15-9-16(28)7-8-22(15,3)24(17,26)19(29)11-23(18,4)25(21,31)20(30)12-27/h9,17-19,21,27,29,31H,1,5-8,10-13H2,2-4H3/t17-,18-,19-,21+,22-,23-,24-,25+/m0/s1. The molecule has 3 fully saturated rings. The van der Waals surface area contributed by atoms with Gasteiger partial charge in [0, 0.05) is 23.2 Å². The fourth-order valence-corrected chi connectivity index (χ4v) is 7.61. The van der Waals surface area contributed by atoms with Crippen molar-refractivity contribution in [1.29, 1.82) is 0 Å². The number of hydrogen-bond donors (Lipinski definition) is 3. The molecule has 0 aromatic rings. The van der Waals surface area contributed by atoms with Crippen LogP contribution in [0.25, 0.3) is 0 Å². The molecule has 32 heavy (non-hydrogen) atoms. The van der Waals surface area contributed by atoms with Gasteiger partial charge in [-0.25, -0.2) is 4.39 Å². The van der Waals surface area contributed by atoms with E-state index >= 15 is 4.39 Å². The van der Waals surface area contributed by atoms with Crippen molar-refractivity contribution in [3.05, 3.63) is 23.8 Å². The Bertz CT molecular complexity index is 884. The summed E-state index contributed by atoms with van der Waals surface area (Å²) in [5.74, 6) is -1.81. The monoisotopic (exact) mass is 450 g/mol. The summed E-state index contributed by atoms with van der Waals surface area (Å²) in [6, 6.07) is 0. The van der Waals surface area contributed by atoms with Crippen LogP contribution in [0.1, 0.15) is 59.3 Å². The third kappa shape index (κ3) is 2.84. The number of aliphatic hydroxyl groups is 3. The lowest BCUT2D eigenvalue weighted by atomic mass is 9.44. The molecule has 4 aliphatic carbocycles. The highest BCUT2D eigenvalue weighted by Gasteiger charge is 2.76. The molecule has 0 spiro atoms. The lowest BCUT2D eigenvalue weighted by molar-refractivity contribution is -0.231. The molecule has 4 rings (SSSR count). The Morgan fingerprint density at radius 3 is 2.62 bits per heavy atom. The lowest BCUT2D eigenvalue weighted by Crippen LogP contribution is -2.70. The third-order valence-electron chi connectivity index (χ3n) is 9.34. The zero-order valence-electron chi connectivity index (χ0n) is 19.2. The van der Waals surface area contributed by atoms with Gasteiger partial charge < -0.3 is 20.1 Å². The van der Waals surface area contributed by atoms with Crippen LogP contribution in [-0.2, 0) is 14.3 Å². The molecule has 0 amide bonds. The van der Waals surface area contributed by atoms with Gasteiger partial charge in [0.25, 0.3) is 0 Å². The van der Waals surface area contributed by atoms with Gasteiger partial charge in [-0.15, -0.1) is 0 Å². The Hall–Kier alpha value is -1.41. The molecule has 6 nitrogen and oxygen atoms in total. The summed E-state index contributed by atoms with van der Waals surface area (Å²) in [7, 11) is 0. The lowest BCUT2D eigenvalue weighted by Gasteiger charge is -2.63. The molecule has 3 N–H and O–H groups in total. The van der Waals surface area contributed by atoms with Gasteiger partial charge in [0.15, 0.2) is 17.2 Å². The van der Waals surface area contributed by atoms with E-state index in [1.54, 1.807) is 26.8 Å². The highest BCUT2D eigenvalue weighted by atomic mass is 19.1. The molecule has 0 heterocycles. The van der Waals surface area contributed by atoms with E-state index in [9.17, 15) is 24.9 Å². The van der Waals surface area contributed by atoms with Crippen molar-refractivity contribution >= 4 is 11.6 Å². The van der Waals surface area contributed by atoms with E-state index in [4.69, 9.17) is 4.74 Å². The van der Waals surface area contributed by atoms with Crippen molar-refractivity contribution in [1.82, 2.24) is 0 Å². The minimum Gasteiger partial charge on any atom is -0.390 e. The van der Waals surface area contributed by atoms with Gasteiger partial charge in [0.05, 0.1) is 18.8 Å². The van der Waals surface area contributed by atoms with E-state index in [2.05, 4.69) is 6.58 Å². The Balaban J connectivity index is 1.80. The summed E-state index contributed by atoms with van der Waals surface area (Å²) in [6.45, 7) is 8.38. The van der Waals surface area contributed by atoms with E-state index in [0.717, 1.165) is 11.1 Å². The van der Waals surface area contributed by atoms with E-state index in [1.165, 1.54) is 0 Å². The number of Topliss-reactive ketones (excluding diaryl/α,β-unsaturated/α-hetero) is 1. The second-order valence-electron chi connectivity index (χ2n) is 11.0. The van der Waals surface area contributed by atoms with Gasteiger partial charge in [0.1, 0.15) is 12.3 Å². The zero-order valence-corrected chi connectivity index (χ0v) is 19.2. The van der Waals surface area contributed by atoms with E-state index in [-0.39, 0.29) is 31.7 Å². The maximum absolute atomic E-state index is 17.2. The normalized spacial score (nSPS) is 47.8. The van der Waals surface area contributed by atoms with Gasteiger partial charge >= 0.3 is 0 Å². The quantitative estimate of drug-likeness (QED) is 0.556. The summed E-state index contributed by atoms with van der Waals surface area (Å²) in [6.07, 6.45) is 0.862. The molecule has 7 heteroatoms. The summed E-state index contributed by atoms with van der Waals surface area (Å²) >= 11 is 0. The fraction of sp³-hybridized carbons (Fsp3) is 0.760. The fourth-order valence-electron chi connectivity index (χ4n) is 7.61. The van der Waals surface area contributed by atoms with Crippen molar-refractivity contribution < 1.29 is 34.0 Å². The first kappa shape index (κ1) is 23.7. The van der Waals surface area contributed by atoms with Crippen LogP contribution in [0.15, 0.2) is 23.8 Å². The van der Waals surface area contributed by atoms with Gasteiger partial charge in [-0.3, -0.25) is 9.59 Å². The number of rotatable bonds is 5. The Labute approximate surface area is 188 Å². The highest BCUT2D eigenvalue weighted by molar-refractivity contribution is 5.92. The number of ether oxygens (including phenoxy) is 1. The van der Waals surface area contributed by atoms with Crippen LogP contribution < -0.4 is 0 Å². The number of fused-ring (bicyclic) bond motifs is 5. The number of carbonyl (C=O) groups is 2. The minimum absolute atomic E-state index is 0.00768. The van der Waals surface area contributed by atoms with E-state index in [1.807, 2.05) is 0 Å². The van der Waals surface area contributed by atoms with E-state index < -0.39 is 58.5 Å². The van der Waals surface area contributed by atoms with Crippen molar-refractivity contribution in [2.45, 2.75) is 82.8 Å². The van der Waals surface area contributed by atoms with Gasteiger partial charge in [-0.1, -0.05) is 31.6 Å². The molecular formula is C25H35FO6. The SMILES string of the molecule is C=C(C)CO[C@@H]1C[C@H]2[C@@H]3CCC4=CC(=O)CC[C@]4(C)[C@@]3(F)[C@@H](O)C[C@]2(C)[C@@]1(O)C(=O)CO. The van der Waals surface area contributed by atoms with E-state index in [0.29, 0.717) is 19.3 Å². The topological polar surface area (TPSA) is 104 Å². The van der Waals surface area contributed by atoms with Gasteiger partial charge in [-0.05, 0) is 51.0 Å². The smallest absolute Gasteiger partial charge is 0.192 e. The van der Waals surface area contributed by atoms with Crippen molar-refractivity contribution in [2.24, 2.45) is 22.7 Å². The summed E-state index contributed by atoms with van der Waals surface area (Å²) in [5.41, 5.74) is -4.67. The van der Waals surface area contributed by atoms with Crippen LogP contribution >= 0.6 is 0 Å². The number of ketones is 2. The van der Waals surface area contributed by atoms with Crippen molar-refractivity contribution in [2.75, 3.05) is 13.2 Å². The molecular weight excluding hydrogens is 415 g/mol. The average Bonchev–Trinajstić information content (AvgIpc) is 2.95. The highest BCUT2D eigenvalue weighted by Crippen LogP contribution is 2.70. The minimum atomic E-state index is -2.04. The number of halogens is 1. The number of carbonyl (C=O) groups excluding carboxylic acids is 2. The zero-order chi connectivity index (χ0) is 23.7. The average molecular weight is 451 g/mol. The van der Waals surface area contributed by atoms with Gasteiger partial charge in [-0.2, -0.15) is 0 Å². The molecule has 0 bridgehead atoms. The predicted octanol–water partition coefficient (Wildman–Crippen LogP) is 2.44. The van der Waals surface area contributed by atoms with Crippen LogP contribution in [0.2, 0.25) is 0 Å². The molecule has 178 valence electrons. The second-order valence-corrected chi connectivity index (χ2v) is 11.0. The van der Waals surface area contributed by atoms with Crippen LogP contribution in [0.4, 0.5) is 4.39 Å². The number of allylic oxidation sites excluding steroid dienone is 1. The predicted molar refractivity (Wildman–Crippen MR) is 115 cm³/mol. The summed E-state index contributed by atoms with van der Waals surface area (Å²) in [5, 5.41) is 32.7. The molecule has 3 saturated carbocycles. The van der Waals surface area contributed by atoms with Crippen molar-refractivity contribution in [3.8, 4) is 0 Å². The molecule has 0 saturated heterocycles. The molecule has 0 aliphatic heterocycles. The molecule has 4 aliphatic rings. The molecule has 8 atom stereocenters. The number of hydrogen-bond acceptors (Lipinski definition) is 6. The first-order valence-electron chi connectivity index (χ1n) is 11.6. The summed E-state index contributed by atoms with van der Waals surface area (Å²) in [4.78, 5) is 24.9. The summed E-state index contributed by atoms with van der Waals surface area (Å²) < 4.78 is 23.1. The number of alkyl halides is 1. The first-order valence-corrected chi connectivity index (χ1v) is 11.6. The largest absolute Gasteiger partial charge is 0.390 e. The second kappa shape index (κ2) is 7.55. The maximum Gasteiger partial charge on any atom is 0.192 e. The Morgan fingerprint density at radius 1 is 1.31 bits per heavy atom.